The maximum Gasteiger partial charge on any atom is 0.235 e. The van der Waals surface area contributed by atoms with Crippen LogP contribution in [0.2, 0.25) is 0 Å². The Morgan fingerprint density at radius 2 is 1.02 bits per heavy atom. The first kappa shape index (κ1) is 32.9. The maximum atomic E-state index is 7.66. The summed E-state index contributed by atoms with van der Waals surface area (Å²) >= 11 is 0. The summed E-state index contributed by atoms with van der Waals surface area (Å²) in [5.41, 5.74) is 13.2. The highest BCUT2D eigenvalue weighted by Crippen LogP contribution is 2.41. The third kappa shape index (κ3) is 5.12. The number of hydrogen-bond acceptors (Lipinski definition) is 3. The van der Waals surface area contributed by atoms with Crippen LogP contribution in [0.1, 0.15) is 0 Å². The number of rotatable bonds is 5. The van der Waals surface area contributed by atoms with Gasteiger partial charge in [-0.3, -0.25) is 4.57 Å². The van der Waals surface area contributed by atoms with Gasteiger partial charge in [0.25, 0.3) is 0 Å². The molecule has 0 N–H and O–H groups in total. The van der Waals surface area contributed by atoms with Crippen molar-refractivity contribution in [3.63, 3.8) is 0 Å². The molecule has 274 valence electrons. The SMILES string of the molecule is [C-]#[N+]c1cccc(-c2cc(-c3ccccc3)nc(-n3c4ccccc4c4ccc(-c5ccc6c(c5)c5ccccc5n6-c5cccc6c5oc5ccccc56)cc43)n2)c1. The van der Waals surface area contributed by atoms with Gasteiger partial charge >= 0.3 is 0 Å². The van der Waals surface area contributed by atoms with Crippen molar-refractivity contribution in [1.29, 1.82) is 0 Å². The minimum Gasteiger partial charge on any atom is -0.454 e. The Hall–Kier alpha value is -8.27. The number of para-hydroxylation sites is 4. The Morgan fingerprint density at radius 1 is 0.407 bits per heavy atom. The van der Waals surface area contributed by atoms with Crippen molar-refractivity contribution >= 4 is 71.2 Å². The molecule has 0 atom stereocenters. The van der Waals surface area contributed by atoms with Crippen molar-refractivity contribution in [3.05, 3.63) is 199 Å². The van der Waals surface area contributed by atoms with Crippen LogP contribution in [0.3, 0.4) is 0 Å². The van der Waals surface area contributed by atoms with E-state index in [0.29, 0.717) is 11.6 Å². The Bertz CT molecular complexity index is 3700. The van der Waals surface area contributed by atoms with Crippen molar-refractivity contribution in [2.24, 2.45) is 0 Å². The molecule has 12 aromatic rings. The second kappa shape index (κ2) is 12.9. The largest absolute Gasteiger partial charge is 0.454 e. The number of hydrogen-bond donors (Lipinski definition) is 0. The molecule has 0 fully saturated rings. The lowest BCUT2D eigenvalue weighted by molar-refractivity contribution is 0.666. The molecule has 8 aromatic carbocycles. The Balaban J connectivity index is 1.07. The molecule has 0 radical (unpaired) electrons. The van der Waals surface area contributed by atoms with E-state index in [1.165, 1.54) is 5.39 Å². The molecule has 0 aliphatic carbocycles. The van der Waals surface area contributed by atoms with E-state index in [0.717, 1.165) is 99.5 Å². The Labute approximate surface area is 338 Å². The number of aromatic nitrogens is 4. The van der Waals surface area contributed by atoms with E-state index < -0.39 is 0 Å². The molecule has 0 unspecified atom stereocenters. The summed E-state index contributed by atoms with van der Waals surface area (Å²) in [4.78, 5) is 14.2. The monoisotopic (exact) mass is 753 g/mol. The van der Waals surface area contributed by atoms with Crippen molar-refractivity contribution in [2.45, 2.75) is 0 Å². The molecule has 4 heterocycles. The predicted octanol–water partition coefficient (Wildman–Crippen LogP) is 14.1. The molecule has 0 aliphatic heterocycles. The average Bonchev–Trinajstić information content (AvgIpc) is 3.96. The van der Waals surface area contributed by atoms with Gasteiger partial charge in [0.2, 0.25) is 5.95 Å². The van der Waals surface area contributed by atoms with E-state index >= 15 is 0 Å². The summed E-state index contributed by atoms with van der Waals surface area (Å²) in [6, 6.07) is 65.0. The van der Waals surface area contributed by atoms with Crippen LogP contribution in [-0.4, -0.2) is 19.1 Å². The van der Waals surface area contributed by atoms with Crippen LogP contribution in [0.4, 0.5) is 5.69 Å². The fraction of sp³-hybridized carbons (Fsp3) is 0. The van der Waals surface area contributed by atoms with Gasteiger partial charge < -0.3 is 8.98 Å². The van der Waals surface area contributed by atoms with Gasteiger partial charge in [-0.15, -0.1) is 0 Å². The van der Waals surface area contributed by atoms with E-state index in [1.807, 2.05) is 60.7 Å². The molecule has 0 aliphatic rings. The summed E-state index contributed by atoms with van der Waals surface area (Å²) in [6.07, 6.45) is 0. The third-order valence-corrected chi connectivity index (χ3v) is 11.6. The van der Waals surface area contributed by atoms with E-state index in [2.05, 4.69) is 141 Å². The van der Waals surface area contributed by atoms with Crippen LogP contribution in [0.5, 0.6) is 0 Å². The number of fused-ring (bicyclic) bond motifs is 9. The van der Waals surface area contributed by atoms with Crippen LogP contribution in [0.15, 0.2) is 192 Å². The maximum absolute atomic E-state index is 7.66. The highest BCUT2D eigenvalue weighted by Gasteiger charge is 2.20. The third-order valence-electron chi connectivity index (χ3n) is 11.6. The van der Waals surface area contributed by atoms with Crippen molar-refractivity contribution < 1.29 is 4.42 Å². The van der Waals surface area contributed by atoms with Crippen LogP contribution in [0.25, 0.3) is 116 Å². The molecular weight excluding hydrogens is 723 g/mol. The highest BCUT2D eigenvalue weighted by molar-refractivity contribution is 6.14. The fourth-order valence-corrected chi connectivity index (χ4v) is 8.86. The van der Waals surface area contributed by atoms with Crippen LogP contribution in [0, 0.1) is 6.57 Å². The van der Waals surface area contributed by atoms with Gasteiger partial charge in [-0.1, -0.05) is 133 Å². The lowest BCUT2D eigenvalue weighted by atomic mass is 10.0. The van der Waals surface area contributed by atoms with E-state index in [4.69, 9.17) is 21.0 Å². The van der Waals surface area contributed by atoms with Crippen LogP contribution >= 0.6 is 0 Å². The Morgan fingerprint density at radius 3 is 1.85 bits per heavy atom. The smallest absolute Gasteiger partial charge is 0.235 e. The summed E-state index contributed by atoms with van der Waals surface area (Å²) < 4.78 is 11.1. The van der Waals surface area contributed by atoms with E-state index in [-0.39, 0.29) is 0 Å². The summed E-state index contributed by atoms with van der Waals surface area (Å²) in [5, 5.41) is 6.80. The quantitative estimate of drug-likeness (QED) is 0.164. The lowest BCUT2D eigenvalue weighted by Gasteiger charge is -2.12. The van der Waals surface area contributed by atoms with Gasteiger partial charge in [-0.2, -0.15) is 0 Å². The number of furan rings is 1. The van der Waals surface area contributed by atoms with Crippen LogP contribution < -0.4 is 0 Å². The topological polar surface area (TPSA) is 53.1 Å². The first-order chi connectivity index (χ1) is 29.2. The molecule has 0 amide bonds. The Kier molecular flexibility index (Phi) is 7.19. The van der Waals surface area contributed by atoms with Crippen molar-refractivity contribution in [3.8, 4) is 45.3 Å². The average molecular weight is 754 g/mol. The normalized spacial score (nSPS) is 11.7. The zero-order chi connectivity index (χ0) is 39.0. The van der Waals surface area contributed by atoms with E-state index in [1.54, 1.807) is 0 Å². The highest BCUT2D eigenvalue weighted by atomic mass is 16.3. The summed E-state index contributed by atoms with van der Waals surface area (Å²) in [7, 11) is 0. The second-order valence-corrected chi connectivity index (χ2v) is 14.9. The molecule has 4 aromatic heterocycles. The molecule has 6 heteroatoms. The van der Waals surface area contributed by atoms with Gasteiger partial charge in [0.05, 0.1) is 45.7 Å². The minimum atomic E-state index is 0.566. The molecule has 0 saturated carbocycles. The molecule has 12 rings (SSSR count). The van der Waals surface area contributed by atoms with Gasteiger partial charge in [0.1, 0.15) is 5.58 Å². The first-order valence-corrected chi connectivity index (χ1v) is 19.6. The lowest BCUT2D eigenvalue weighted by Crippen LogP contribution is -2.04. The van der Waals surface area contributed by atoms with Crippen LogP contribution in [-0.2, 0) is 0 Å². The molecule has 59 heavy (non-hydrogen) atoms. The molecule has 6 nitrogen and oxygen atoms in total. The molecule has 0 bridgehead atoms. The van der Waals surface area contributed by atoms with E-state index in [9.17, 15) is 0 Å². The van der Waals surface area contributed by atoms with Gasteiger partial charge in [0.15, 0.2) is 11.3 Å². The zero-order valence-electron chi connectivity index (χ0n) is 31.5. The van der Waals surface area contributed by atoms with Gasteiger partial charge in [0, 0.05) is 37.9 Å². The number of nitrogens with zero attached hydrogens (tertiary/aromatic N) is 5. The first-order valence-electron chi connectivity index (χ1n) is 19.6. The predicted molar refractivity (Wildman–Crippen MR) is 241 cm³/mol. The zero-order valence-corrected chi connectivity index (χ0v) is 31.5. The van der Waals surface area contributed by atoms with Crippen molar-refractivity contribution in [2.75, 3.05) is 0 Å². The fourth-order valence-electron chi connectivity index (χ4n) is 8.86. The van der Waals surface area contributed by atoms with Gasteiger partial charge in [-0.25, -0.2) is 14.8 Å². The molecule has 0 saturated heterocycles. The van der Waals surface area contributed by atoms with Crippen molar-refractivity contribution in [1.82, 2.24) is 19.1 Å². The standard InChI is InChI=1S/C53H31N5O/c1-54-37-16-11-15-36(29-37)45-32-44(33-13-3-2-4-14-33)55-53(56-45)58-47-22-9-5-17-38(47)40-27-25-35(31-50(40)58)34-26-28-48-43(30-34)39-18-6-8-21-46(39)57(48)49-23-12-20-42-41-19-7-10-24-51(41)59-52(42)49/h2-32H. The second-order valence-electron chi connectivity index (χ2n) is 14.9. The summed E-state index contributed by atoms with van der Waals surface area (Å²) in [6.45, 7) is 7.66. The molecular formula is C53H31N5O. The summed E-state index contributed by atoms with van der Waals surface area (Å²) in [5.74, 6) is 0.566. The minimum absolute atomic E-state index is 0.566. The number of benzene rings is 8. The molecule has 0 spiro atoms. The van der Waals surface area contributed by atoms with Gasteiger partial charge in [-0.05, 0) is 71.3 Å².